The van der Waals surface area contributed by atoms with E-state index in [9.17, 15) is 4.79 Å². The van der Waals surface area contributed by atoms with Gasteiger partial charge < -0.3 is 5.73 Å². The first-order valence-corrected chi connectivity index (χ1v) is 4.29. The fourth-order valence-electron chi connectivity index (χ4n) is 1.15. The summed E-state index contributed by atoms with van der Waals surface area (Å²) in [5.41, 5.74) is 6.65. The lowest BCUT2D eigenvalue weighted by molar-refractivity contribution is 0.103. The number of hydrogen-bond donors (Lipinski definition) is 1. The number of ketones is 1. The molecule has 0 bridgehead atoms. The zero-order valence-corrected chi connectivity index (χ0v) is 7.79. The van der Waals surface area contributed by atoms with Crippen LogP contribution in [0.2, 0.25) is 0 Å². The van der Waals surface area contributed by atoms with E-state index in [0.29, 0.717) is 11.3 Å². The second-order valence-electron chi connectivity index (χ2n) is 2.88. The van der Waals surface area contributed by atoms with Gasteiger partial charge in [0.15, 0.2) is 0 Å². The molecule has 0 fully saturated rings. The Balaban J connectivity index is 2.42. The molecule has 0 aliphatic rings. The van der Waals surface area contributed by atoms with Gasteiger partial charge in [0.2, 0.25) is 5.78 Å². The van der Waals surface area contributed by atoms with E-state index in [-0.39, 0.29) is 11.5 Å². The van der Waals surface area contributed by atoms with Crippen LogP contribution in [0.1, 0.15) is 16.1 Å². The number of aromatic nitrogens is 3. The first-order valence-electron chi connectivity index (χ1n) is 4.29. The number of nitrogen functional groups attached to an aromatic ring is 1. The van der Waals surface area contributed by atoms with Crippen molar-refractivity contribution in [3.63, 3.8) is 0 Å². The molecule has 5 nitrogen and oxygen atoms in total. The van der Waals surface area contributed by atoms with E-state index in [1.807, 2.05) is 0 Å². The van der Waals surface area contributed by atoms with Crippen molar-refractivity contribution in [2.24, 2.45) is 0 Å². The van der Waals surface area contributed by atoms with Crippen LogP contribution < -0.4 is 5.73 Å². The van der Waals surface area contributed by atoms with Crippen LogP contribution in [0.4, 0.5) is 5.69 Å². The van der Waals surface area contributed by atoms with Crippen molar-refractivity contribution in [2.75, 3.05) is 5.73 Å². The van der Waals surface area contributed by atoms with Crippen molar-refractivity contribution in [3.05, 3.63) is 48.3 Å². The van der Waals surface area contributed by atoms with E-state index in [2.05, 4.69) is 15.0 Å². The van der Waals surface area contributed by atoms with Crippen LogP contribution in [-0.2, 0) is 0 Å². The number of nitrogens with zero attached hydrogens (tertiary/aromatic N) is 3. The van der Waals surface area contributed by atoms with Gasteiger partial charge in [-0.3, -0.25) is 14.8 Å². The number of hydrogen-bond acceptors (Lipinski definition) is 5. The summed E-state index contributed by atoms with van der Waals surface area (Å²) in [6.45, 7) is 0. The number of carbonyl (C=O) groups is 1. The molecule has 0 aliphatic carbocycles. The quantitative estimate of drug-likeness (QED) is 0.721. The van der Waals surface area contributed by atoms with Crippen molar-refractivity contribution >= 4 is 11.5 Å². The molecule has 2 aromatic heterocycles. The van der Waals surface area contributed by atoms with Gasteiger partial charge in [0.1, 0.15) is 5.69 Å². The maximum Gasteiger partial charge on any atom is 0.216 e. The maximum absolute atomic E-state index is 11.8. The predicted octanol–water partition coefficient (Wildman–Crippen LogP) is 0.685. The third-order valence-corrected chi connectivity index (χ3v) is 1.90. The van der Waals surface area contributed by atoms with E-state index >= 15 is 0 Å². The molecule has 2 rings (SSSR count). The Morgan fingerprint density at radius 1 is 1.13 bits per heavy atom. The zero-order chi connectivity index (χ0) is 10.7. The minimum absolute atomic E-state index is 0.261. The molecule has 0 saturated carbocycles. The molecule has 0 unspecified atom stereocenters. The molecule has 0 saturated heterocycles. The van der Waals surface area contributed by atoms with E-state index in [0.717, 1.165) is 0 Å². The lowest BCUT2D eigenvalue weighted by atomic mass is 10.1. The molecule has 2 aromatic rings. The molecule has 2 N–H and O–H groups in total. The number of anilines is 1. The van der Waals surface area contributed by atoms with Crippen LogP contribution in [0, 0.1) is 0 Å². The summed E-state index contributed by atoms with van der Waals surface area (Å²) < 4.78 is 0. The highest BCUT2D eigenvalue weighted by Crippen LogP contribution is 2.12. The van der Waals surface area contributed by atoms with Crippen LogP contribution in [0.25, 0.3) is 0 Å². The molecule has 15 heavy (non-hydrogen) atoms. The Morgan fingerprint density at radius 2 is 1.93 bits per heavy atom. The SMILES string of the molecule is Nc1ccncc1C(=O)c1cnccn1. The monoisotopic (exact) mass is 200 g/mol. The summed E-state index contributed by atoms with van der Waals surface area (Å²) in [7, 11) is 0. The summed E-state index contributed by atoms with van der Waals surface area (Å²) in [5.74, 6) is -0.270. The fourth-order valence-corrected chi connectivity index (χ4v) is 1.15. The van der Waals surface area contributed by atoms with Crippen molar-refractivity contribution in [3.8, 4) is 0 Å². The predicted molar refractivity (Wildman–Crippen MR) is 54.1 cm³/mol. The highest BCUT2D eigenvalue weighted by Gasteiger charge is 2.13. The number of nitrogens with two attached hydrogens (primary N) is 1. The number of pyridine rings is 1. The first-order chi connectivity index (χ1) is 7.29. The van der Waals surface area contributed by atoms with Crippen molar-refractivity contribution in [1.29, 1.82) is 0 Å². The molecule has 0 atom stereocenters. The highest BCUT2D eigenvalue weighted by molar-refractivity contribution is 6.10. The van der Waals surface area contributed by atoms with Gasteiger partial charge in [-0.05, 0) is 6.07 Å². The molecule has 0 aromatic carbocycles. The van der Waals surface area contributed by atoms with Gasteiger partial charge in [0.05, 0.1) is 11.8 Å². The molecule has 5 heteroatoms. The smallest absolute Gasteiger partial charge is 0.216 e. The second kappa shape index (κ2) is 3.83. The second-order valence-corrected chi connectivity index (χ2v) is 2.88. The lowest BCUT2D eigenvalue weighted by Gasteiger charge is -2.01. The van der Waals surface area contributed by atoms with Gasteiger partial charge in [-0.25, -0.2) is 4.98 Å². The summed E-state index contributed by atoms with van der Waals surface area (Å²) in [5, 5.41) is 0. The summed E-state index contributed by atoms with van der Waals surface area (Å²) in [6.07, 6.45) is 7.31. The minimum Gasteiger partial charge on any atom is -0.398 e. The van der Waals surface area contributed by atoms with Gasteiger partial charge in [-0.15, -0.1) is 0 Å². The Morgan fingerprint density at radius 3 is 2.60 bits per heavy atom. The first kappa shape index (κ1) is 9.26. The third kappa shape index (κ3) is 1.80. The average molecular weight is 200 g/mol. The molecule has 0 radical (unpaired) electrons. The molecule has 0 amide bonds. The Hall–Kier alpha value is -2.30. The standard InChI is InChI=1S/C10H8N4O/c11-8-1-2-12-5-7(8)10(15)9-6-13-3-4-14-9/h1-6H,(H2,11,12). The lowest BCUT2D eigenvalue weighted by Crippen LogP contribution is -2.07. The maximum atomic E-state index is 11.8. The number of carbonyl (C=O) groups excluding carboxylic acids is 1. The largest absolute Gasteiger partial charge is 0.398 e. The molecular weight excluding hydrogens is 192 g/mol. The third-order valence-electron chi connectivity index (χ3n) is 1.90. The van der Waals surface area contributed by atoms with Crippen molar-refractivity contribution < 1.29 is 4.79 Å². The van der Waals surface area contributed by atoms with E-state index in [1.54, 1.807) is 6.07 Å². The average Bonchev–Trinajstić information content (AvgIpc) is 2.30. The highest BCUT2D eigenvalue weighted by atomic mass is 16.1. The molecule has 74 valence electrons. The summed E-state index contributed by atoms with van der Waals surface area (Å²) in [6, 6.07) is 1.57. The summed E-state index contributed by atoms with van der Waals surface area (Å²) in [4.78, 5) is 23.4. The van der Waals surface area contributed by atoms with Crippen LogP contribution in [0.3, 0.4) is 0 Å². The molecule has 0 spiro atoms. The van der Waals surface area contributed by atoms with E-state index in [1.165, 1.54) is 31.0 Å². The zero-order valence-electron chi connectivity index (χ0n) is 7.79. The molecule has 2 heterocycles. The van der Waals surface area contributed by atoms with Gasteiger partial charge in [-0.2, -0.15) is 0 Å². The van der Waals surface area contributed by atoms with Crippen molar-refractivity contribution in [2.45, 2.75) is 0 Å². The van der Waals surface area contributed by atoms with Crippen LogP contribution in [0.5, 0.6) is 0 Å². The fraction of sp³-hybridized carbons (Fsp3) is 0. The van der Waals surface area contributed by atoms with E-state index < -0.39 is 0 Å². The minimum atomic E-state index is -0.270. The van der Waals surface area contributed by atoms with Gasteiger partial charge in [0, 0.05) is 30.5 Å². The van der Waals surface area contributed by atoms with Gasteiger partial charge in [-0.1, -0.05) is 0 Å². The van der Waals surface area contributed by atoms with E-state index in [4.69, 9.17) is 5.73 Å². The topological polar surface area (TPSA) is 81.8 Å². The molecule has 0 aliphatic heterocycles. The summed E-state index contributed by atoms with van der Waals surface area (Å²) >= 11 is 0. The normalized spacial score (nSPS) is 9.87. The Kier molecular flexibility index (Phi) is 2.37. The Bertz CT molecular complexity index is 484. The van der Waals surface area contributed by atoms with Crippen LogP contribution in [-0.4, -0.2) is 20.7 Å². The van der Waals surface area contributed by atoms with Crippen LogP contribution >= 0.6 is 0 Å². The van der Waals surface area contributed by atoms with Gasteiger partial charge in [0.25, 0.3) is 0 Å². The van der Waals surface area contributed by atoms with Crippen molar-refractivity contribution in [1.82, 2.24) is 15.0 Å². The Labute approximate surface area is 86.0 Å². The number of rotatable bonds is 2. The molecular formula is C10H8N4O. The van der Waals surface area contributed by atoms with Gasteiger partial charge >= 0.3 is 0 Å². The van der Waals surface area contributed by atoms with Crippen LogP contribution in [0.15, 0.2) is 37.1 Å².